The Morgan fingerprint density at radius 1 is 1.19 bits per heavy atom. The van der Waals surface area contributed by atoms with Crippen molar-refractivity contribution in [1.29, 1.82) is 0 Å². The van der Waals surface area contributed by atoms with E-state index in [1.165, 1.54) is 0 Å². The summed E-state index contributed by atoms with van der Waals surface area (Å²) in [6.45, 7) is 4.67. The first-order chi connectivity index (χ1) is 12.4. The summed E-state index contributed by atoms with van der Waals surface area (Å²) in [7, 11) is -3.48. The first-order valence-electron chi connectivity index (χ1n) is 9.49. The lowest BCUT2D eigenvalue weighted by Gasteiger charge is -2.32. The third-order valence-corrected chi connectivity index (χ3v) is 7.48. The van der Waals surface area contributed by atoms with Crippen LogP contribution < -0.4 is 5.73 Å². The number of piperidine rings is 1. The lowest BCUT2D eigenvalue weighted by molar-refractivity contribution is -0.128. The fraction of sp³-hybridized carbons (Fsp3) is 0.632. The fourth-order valence-electron chi connectivity index (χ4n) is 4.04. The maximum absolute atomic E-state index is 13.1. The van der Waals surface area contributed by atoms with E-state index in [2.05, 4.69) is 0 Å². The smallest absolute Gasteiger partial charge is 0.243 e. The Labute approximate surface area is 168 Å². The molecule has 1 aromatic carbocycles. The van der Waals surface area contributed by atoms with Crippen LogP contribution in [0, 0.1) is 5.92 Å². The quantitative estimate of drug-likeness (QED) is 0.812. The summed E-state index contributed by atoms with van der Waals surface area (Å²) in [5, 5.41) is 0. The molecule has 2 N–H and O–H groups in total. The maximum Gasteiger partial charge on any atom is 0.243 e. The van der Waals surface area contributed by atoms with Crippen LogP contribution in [0.1, 0.15) is 37.3 Å². The van der Waals surface area contributed by atoms with Crippen molar-refractivity contribution in [2.45, 2.75) is 43.9 Å². The van der Waals surface area contributed by atoms with Crippen LogP contribution >= 0.6 is 12.4 Å². The largest absolute Gasteiger partial charge is 0.342 e. The van der Waals surface area contributed by atoms with Crippen molar-refractivity contribution >= 4 is 28.3 Å². The van der Waals surface area contributed by atoms with E-state index in [1.807, 2.05) is 17.0 Å². The van der Waals surface area contributed by atoms with Crippen molar-refractivity contribution in [2.75, 3.05) is 32.7 Å². The van der Waals surface area contributed by atoms with E-state index in [1.54, 1.807) is 17.3 Å². The van der Waals surface area contributed by atoms with Gasteiger partial charge in [0.1, 0.15) is 0 Å². The minimum atomic E-state index is -3.48. The summed E-state index contributed by atoms with van der Waals surface area (Å²) >= 11 is 0. The molecule has 152 valence electrons. The summed E-state index contributed by atoms with van der Waals surface area (Å²) < 4.78 is 27.8. The molecule has 8 heteroatoms. The second kappa shape index (κ2) is 9.37. The summed E-state index contributed by atoms with van der Waals surface area (Å²) in [5.74, 6) is 0.429. The van der Waals surface area contributed by atoms with E-state index in [9.17, 15) is 13.2 Å². The van der Waals surface area contributed by atoms with Gasteiger partial charge in [0.2, 0.25) is 15.9 Å². The predicted octanol–water partition coefficient (Wildman–Crippen LogP) is 1.81. The molecule has 1 aromatic rings. The predicted molar refractivity (Wildman–Crippen MR) is 109 cm³/mol. The monoisotopic (exact) mass is 415 g/mol. The molecule has 27 heavy (non-hydrogen) atoms. The molecular formula is C19H30ClN3O3S. The Morgan fingerprint density at radius 2 is 1.89 bits per heavy atom. The van der Waals surface area contributed by atoms with Gasteiger partial charge in [-0.1, -0.05) is 6.07 Å². The van der Waals surface area contributed by atoms with Crippen molar-refractivity contribution < 1.29 is 13.2 Å². The highest BCUT2D eigenvalue weighted by Gasteiger charge is 2.30. The second-order valence-electron chi connectivity index (χ2n) is 7.39. The Hall–Kier alpha value is -1.15. The van der Waals surface area contributed by atoms with Gasteiger partial charge in [0.05, 0.1) is 4.90 Å². The molecule has 1 saturated heterocycles. The molecule has 1 amide bonds. The molecule has 2 aliphatic heterocycles. The Balaban J connectivity index is 0.00000261. The summed E-state index contributed by atoms with van der Waals surface area (Å²) in [4.78, 5) is 13.8. The zero-order chi connectivity index (χ0) is 18.7. The number of halogens is 1. The number of sulfonamides is 1. The van der Waals surface area contributed by atoms with Gasteiger partial charge >= 0.3 is 0 Å². The van der Waals surface area contributed by atoms with Crippen molar-refractivity contribution in [2.24, 2.45) is 11.7 Å². The van der Waals surface area contributed by atoms with Gasteiger partial charge in [-0.25, -0.2) is 8.42 Å². The minimum absolute atomic E-state index is 0. The van der Waals surface area contributed by atoms with Crippen LogP contribution in [0.2, 0.25) is 0 Å². The normalized spacial score (nSPS) is 21.1. The van der Waals surface area contributed by atoms with Gasteiger partial charge in [-0.15, -0.1) is 12.4 Å². The van der Waals surface area contributed by atoms with E-state index in [-0.39, 0.29) is 18.3 Å². The highest BCUT2D eigenvalue weighted by molar-refractivity contribution is 7.89. The van der Waals surface area contributed by atoms with Gasteiger partial charge in [-0.2, -0.15) is 4.31 Å². The summed E-state index contributed by atoms with van der Waals surface area (Å²) in [6.07, 6.45) is 4.29. The van der Waals surface area contributed by atoms with E-state index in [0.717, 1.165) is 36.8 Å². The van der Waals surface area contributed by atoms with Crippen molar-refractivity contribution in [3.05, 3.63) is 29.3 Å². The average molecular weight is 416 g/mol. The van der Waals surface area contributed by atoms with Crippen molar-refractivity contribution in [1.82, 2.24) is 9.21 Å². The molecule has 3 rings (SSSR count). The van der Waals surface area contributed by atoms with Crippen LogP contribution in [0.5, 0.6) is 0 Å². The van der Waals surface area contributed by atoms with Gasteiger partial charge in [0.15, 0.2) is 0 Å². The topological polar surface area (TPSA) is 83.7 Å². The van der Waals surface area contributed by atoms with Crippen LogP contribution in [0.15, 0.2) is 23.1 Å². The number of fused-ring (bicyclic) bond motifs is 1. The Bertz CT molecular complexity index is 767. The zero-order valence-electron chi connectivity index (χ0n) is 15.9. The van der Waals surface area contributed by atoms with Gasteiger partial charge in [0, 0.05) is 33.1 Å². The number of nitrogens with zero attached hydrogens (tertiary/aromatic N) is 2. The number of rotatable bonds is 4. The van der Waals surface area contributed by atoms with Gasteiger partial charge < -0.3 is 10.6 Å². The number of hydrogen-bond donors (Lipinski definition) is 1. The SMILES string of the molecule is CC(=O)N1CCc2ccc(S(=O)(=O)N3CCCC(CCN)C3)cc2CC1.Cl. The van der Waals surface area contributed by atoms with E-state index >= 15 is 0 Å². The van der Waals surface area contributed by atoms with Crippen LogP contribution in [-0.4, -0.2) is 56.3 Å². The van der Waals surface area contributed by atoms with Crippen LogP contribution in [0.25, 0.3) is 0 Å². The number of nitrogens with two attached hydrogens (primary N) is 1. The average Bonchev–Trinajstić information content (AvgIpc) is 2.84. The molecule has 0 bridgehead atoms. The number of carbonyl (C=O) groups excluding carboxylic acids is 1. The molecular weight excluding hydrogens is 386 g/mol. The number of carbonyl (C=O) groups is 1. The Morgan fingerprint density at radius 3 is 2.56 bits per heavy atom. The van der Waals surface area contributed by atoms with Crippen LogP contribution in [-0.2, 0) is 27.7 Å². The summed E-state index contributed by atoms with van der Waals surface area (Å²) in [5.41, 5.74) is 7.84. The molecule has 1 atom stereocenters. The molecule has 0 saturated carbocycles. The third-order valence-electron chi connectivity index (χ3n) is 5.62. The molecule has 0 spiro atoms. The molecule has 2 aliphatic rings. The van der Waals surface area contributed by atoms with Gasteiger partial charge in [0.25, 0.3) is 0 Å². The van der Waals surface area contributed by atoms with E-state index < -0.39 is 10.0 Å². The molecule has 0 aromatic heterocycles. The molecule has 1 unspecified atom stereocenters. The van der Waals surface area contributed by atoms with Crippen LogP contribution in [0.4, 0.5) is 0 Å². The summed E-state index contributed by atoms with van der Waals surface area (Å²) in [6, 6.07) is 5.47. The first kappa shape index (κ1) is 22.1. The Kier molecular flexibility index (Phi) is 7.68. The minimum Gasteiger partial charge on any atom is -0.342 e. The molecule has 0 radical (unpaired) electrons. The van der Waals surface area contributed by atoms with Crippen molar-refractivity contribution in [3.63, 3.8) is 0 Å². The lowest BCUT2D eigenvalue weighted by atomic mass is 9.96. The number of benzene rings is 1. The molecule has 0 aliphatic carbocycles. The number of hydrogen-bond acceptors (Lipinski definition) is 4. The van der Waals surface area contributed by atoms with Crippen LogP contribution in [0.3, 0.4) is 0 Å². The highest BCUT2D eigenvalue weighted by Crippen LogP contribution is 2.27. The zero-order valence-corrected chi connectivity index (χ0v) is 17.5. The first-order valence-corrected chi connectivity index (χ1v) is 10.9. The molecule has 6 nitrogen and oxygen atoms in total. The molecule has 2 heterocycles. The van der Waals surface area contributed by atoms with E-state index in [0.29, 0.717) is 50.0 Å². The van der Waals surface area contributed by atoms with Crippen molar-refractivity contribution in [3.8, 4) is 0 Å². The standard InChI is InChI=1S/C19H29N3O3S.ClH/c1-15(23)21-11-7-17-4-5-19(13-18(17)8-12-21)26(24,25)22-10-2-3-16(14-22)6-9-20;/h4-5,13,16H,2-3,6-12,14,20H2,1H3;1H. The third kappa shape index (κ3) is 5.02. The lowest BCUT2D eigenvalue weighted by Crippen LogP contribution is -2.40. The number of amides is 1. The highest BCUT2D eigenvalue weighted by atomic mass is 35.5. The van der Waals surface area contributed by atoms with Gasteiger partial charge in [-0.3, -0.25) is 4.79 Å². The molecule has 1 fully saturated rings. The second-order valence-corrected chi connectivity index (χ2v) is 9.32. The van der Waals surface area contributed by atoms with E-state index in [4.69, 9.17) is 5.73 Å². The fourth-order valence-corrected chi connectivity index (χ4v) is 5.65. The maximum atomic E-state index is 13.1. The van der Waals surface area contributed by atoms with Gasteiger partial charge in [-0.05, 0) is 67.8 Å².